The lowest BCUT2D eigenvalue weighted by Gasteiger charge is -2.00. The van der Waals surface area contributed by atoms with Crippen LogP contribution in [0.1, 0.15) is 15.9 Å². The lowest BCUT2D eigenvalue weighted by Crippen LogP contribution is -1.88. The summed E-state index contributed by atoms with van der Waals surface area (Å²) in [5.41, 5.74) is 1.34. The van der Waals surface area contributed by atoms with Crippen LogP contribution in [0.25, 0.3) is 10.1 Å². The van der Waals surface area contributed by atoms with E-state index in [1.165, 1.54) is 11.3 Å². The Morgan fingerprint density at radius 3 is 2.93 bits per heavy atom. The average molecular weight is 227 g/mol. The van der Waals surface area contributed by atoms with Crippen molar-refractivity contribution in [2.24, 2.45) is 0 Å². The van der Waals surface area contributed by atoms with Crippen LogP contribution in [0, 0.1) is 0 Å². The number of fused-ring (bicyclic) bond motifs is 1. The second-order valence-electron chi connectivity index (χ2n) is 2.92. The van der Waals surface area contributed by atoms with Gasteiger partial charge in [0.1, 0.15) is 12.0 Å². The van der Waals surface area contributed by atoms with Gasteiger partial charge in [0, 0.05) is 26.9 Å². The molecule has 2 rings (SSSR count). The zero-order chi connectivity index (χ0) is 10.1. The highest BCUT2D eigenvalue weighted by molar-refractivity contribution is 7.17. The zero-order valence-corrected chi connectivity index (χ0v) is 8.73. The Bertz CT molecular complexity index is 490. The van der Waals surface area contributed by atoms with Crippen LogP contribution < -0.4 is 0 Å². The van der Waals surface area contributed by atoms with Gasteiger partial charge < -0.3 is 5.11 Å². The Morgan fingerprint density at radius 2 is 2.29 bits per heavy atom. The number of benzene rings is 1. The number of carbonyl (C=O) groups is 1. The largest absolute Gasteiger partial charge is 0.506 e. The van der Waals surface area contributed by atoms with Gasteiger partial charge in [-0.15, -0.1) is 22.9 Å². The Kier molecular flexibility index (Phi) is 2.44. The predicted molar refractivity (Wildman–Crippen MR) is 58.4 cm³/mol. The van der Waals surface area contributed by atoms with E-state index >= 15 is 0 Å². The van der Waals surface area contributed by atoms with Crippen LogP contribution in [0.15, 0.2) is 17.5 Å². The van der Waals surface area contributed by atoms with E-state index in [1.54, 1.807) is 11.4 Å². The van der Waals surface area contributed by atoms with E-state index in [9.17, 15) is 9.90 Å². The minimum absolute atomic E-state index is 0.217. The van der Waals surface area contributed by atoms with Gasteiger partial charge in [-0.05, 0) is 17.7 Å². The van der Waals surface area contributed by atoms with Gasteiger partial charge in [-0.25, -0.2) is 0 Å². The molecule has 0 saturated carbocycles. The fraction of sp³-hybridized carbons (Fsp3) is 0.100. The van der Waals surface area contributed by atoms with Crippen molar-refractivity contribution in [3.05, 3.63) is 28.6 Å². The van der Waals surface area contributed by atoms with Crippen LogP contribution in [-0.2, 0) is 5.88 Å². The first-order valence-corrected chi connectivity index (χ1v) is 5.42. The molecule has 2 aromatic rings. The first kappa shape index (κ1) is 9.49. The van der Waals surface area contributed by atoms with Crippen molar-refractivity contribution < 1.29 is 9.90 Å². The number of aromatic hydroxyl groups is 1. The normalized spacial score (nSPS) is 10.6. The summed E-state index contributed by atoms with van der Waals surface area (Å²) in [7, 11) is 0. The molecule has 0 atom stereocenters. The van der Waals surface area contributed by atoms with Crippen molar-refractivity contribution in [1.29, 1.82) is 0 Å². The first-order valence-electron chi connectivity index (χ1n) is 4.00. The van der Waals surface area contributed by atoms with Crippen LogP contribution >= 0.6 is 22.9 Å². The van der Waals surface area contributed by atoms with Crippen LogP contribution in [0.3, 0.4) is 0 Å². The standard InChI is InChI=1S/C10H7ClO2S/c11-3-6-2-10-8(1-7(6)4-12)9(13)5-14-10/h1-2,4-5,13H,3H2. The number of halogens is 1. The Hall–Kier alpha value is -1.06. The van der Waals surface area contributed by atoms with Gasteiger partial charge in [-0.2, -0.15) is 0 Å². The van der Waals surface area contributed by atoms with Crippen molar-refractivity contribution in [1.82, 2.24) is 0 Å². The topological polar surface area (TPSA) is 37.3 Å². The van der Waals surface area contributed by atoms with Gasteiger partial charge in [-0.3, -0.25) is 4.79 Å². The third kappa shape index (κ3) is 1.38. The molecule has 4 heteroatoms. The Morgan fingerprint density at radius 1 is 1.50 bits per heavy atom. The Balaban J connectivity index is 2.77. The summed E-state index contributed by atoms with van der Waals surface area (Å²) in [6.45, 7) is 0. The maximum absolute atomic E-state index is 10.7. The number of aldehydes is 1. The fourth-order valence-electron chi connectivity index (χ4n) is 1.34. The van der Waals surface area contributed by atoms with Crippen molar-refractivity contribution in [3.8, 4) is 5.75 Å². The third-order valence-electron chi connectivity index (χ3n) is 2.09. The van der Waals surface area contributed by atoms with Crippen molar-refractivity contribution in [3.63, 3.8) is 0 Å². The van der Waals surface area contributed by atoms with Gasteiger partial charge in [-0.1, -0.05) is 0 Å². The highest BCUT2D eigenvalue weighted by Gasteiger charge is 2.07. The molecule has 1 N–H and O–H groups in total. The molecule has 0 radical (unpaired) electrons. The highest BCUT2D eigenvalue weighted by atomic mass is 35.5. The monoisotopic (exact) mass is 226 g/mol. The molecule has 1 aromatic carbocycles. The van der Waals surface area contributed by atoms with E-state index in [0.29, 0.717) is 16.8 Å². The second-order valence-corrected chi connectivity index (χ2v) is 4.10. The van der Waals surface area contributed by atoms with Gasteiger partial charge in [0.15, 0.2) is 0 Å². The summed E-state index contributed by atoms with van der Waals surface area (Å²) < 4.78 is 0.948. The number of hydrogen-bond donors (Lipinski definition) is 1. The molecule has 72 valence electrons. The molecule has 1 aromatic heterocycles. The molecule has 0 saturated heterocycles. The number of hydrogen-bond acceptors (Lipinski definition) is 3. The molecule has 1 heterocycles. The van der Waals surface area contributed by atoms with Gasteiger partial charge >= 0.3 is 0 Å². The first-order chi connectivity index (χ1) is 6.76. The fourth-order valence-corrected chi connectivity index (χ4v) is 2.44. The molecular formula is C10H7ClO2S. The van der Waals surface area contributed by atoms with Crippen LogP contribution in [0.2, 0.25) is 0 Å². The molecule has 0 bridgehead atoms. The molecule has 0 unspecified atom stereocenters. The number of carbonyl (C=O) groups excluding carboxylic acids is 1. The van der Waals surface area contributed by atoms with E-state index in [-0.39, 0.29) is 5.75 Å². The minimum Gasteiger partial charge on any atom is -0.506 e. The van der Waals surface area contributed by atoms with E-state index in [0.717, 1.165) is 16.5 Å². The minimum atomic E-state index is 0.217. The summed E-state index contributed by atoms with van der Waals surface area (Å²) >= 11 is 7.14. The van der Waals surface area contributed by atoms with E-state index in [2.05, 4.69) is 0 Å². The predicted octanol–water partition coefficient (Wildman–Crippen LogP) is 3.16. The summed E-state index contributed by atoms with van der Waals surface area (Å²) in [5.74, 6) is 0.525. The maximum atomic E-state index is 10.7. The molecular weight excluding hydrogens is 220 g/mol. The van der Waals surface area contributed by atoms with Crippen molar-refractivity contribution in [2.75, 3.05) is 0 Å². The van der Waals surface area contributed by atoms with Crippen LogP contribution in [-0.4, -0.2) is 11.4 Å². The summed E-state index contributed by atoms with van der Waals surface area (Å²) in [4.78, 5) is 10.7. The number of thiophene rings is 1. The second kappa shape index (κ2) is 3.59. The molecule has 0 fully saturated rings. The quantitative estimate of drug-likeness (QED) is 0.631. The number of rotatable bonds is 2. The average Bonchev–Trinajstić information content (AvgIpc) is 2.58. The Labute approximate surface area is 89.7 Å². The summed E-state index contributed by atoms with van der Waals surface area (Å²) in [6.07, 6.45) is 0.758. The molecule has 0 amide bonds. The summed E-state index contributed by atoms with van der Waals surface area (Å²) in [5, 5.41) is 11.8. The van der Waals surface area contributed by atoms with Gasteiger partial charge in [0.2, 0.25) is 0 Å². The van der Waals surface area contributed by atoms with E-state index < -0.39 is 0 Å². The lowest BCUT2D eigenvalue weighted by atomic mass is 10.1. The third-order valence-corrected chi connectivity index (χ3v) is 3.31. The van der Waals surface area contributed by atoms with E-state index in [1.807, 2.05) is 6.07 Å². The van der Waals surface area contributed by atoms with E-state index in [4.69, 9.17) is 11.6 Å². The summed E-state index contributed by atoms with van der Waals surface area (Å²) in [6, 6.07) is 3.52. The van der Waals surface area contributed by atoms with Crippen molar-refractivity contribution >= 4 is 39.3 Å². The number of alkyl halides is 1. The molecule has 0 aliphatic carbocycles. The van der Waals surface area contributed by atoms with Gasteiger partial charge in [0.25, 0.3) is 0 Å². The molecule has 0 spiro atoms. The maximum Gasteiger partial charge on any atom is 0.150 e. The molecule has 0 aliphatic heterocycles. The molecule has 0 aliphatic rings. The highest BCUT2D eigenvalue weighted by Crippen LogP contribution is 2.33. The SMILES string of the molecule is O=Cc1cc2c(O)csc2cc1CCl. The zero-order valence-electron chi connectivity index (χ0n) is 7.16. The lowest BCUT2D eigenvalue weighted by molar-refractivity contribution is 0.112. The van der Waals surface area contributed by atoms with Gasteiger partial charge in [0.05, 0.1) is 0 Å². The molecule has 2 nitrogen and oxygen atoms in total. The smallest absolute Gasteiger partial charge is 0.150 e. The van der Waals surface area contributed by atoms with Crippen molar-refractivity contribution in [2.45, 2.75) is 5.88 Å². The van der Waals surface area contributed by atoms with Crippen LogP contribution in [0.4, 0.5) is 0 Å². The van der Waals surface area contributed by atoms with Crippen LogP contribution in [0.5, 0.6) is 5.75 Å². The molecule has 14 heavy (non-hydrogen) atoms.